The fourth-order valence-corrected chi connectivity index (χ4v) is 3.08. The Balaban J connectivity index is 1.63. The number of pyridine rings is 3. The summed E-state index contributed by atoms with van der Waals surface area (Å²) in [7, 11) is 0. The first-order valence-electron chi connectivity index (χ1n) is 8.52. The number of aromatic amines is 2. The van der Waals surface area contributed by atoms with Crippen molar-refractivity contribution >= 4 is 11.0 Å². The molecule has 5 aromatic heterocycles. The molecule has 0 aliphatic rings. The zero-order valence-electron chi connectivity index (χ0n) is 14.5. The number of hydrogen-bond acceptors (Lipinski definition) is 5. The van der Waals surface area contributed by atoms with Crippen LogP contribution in [0.2, 0.25) is 0 Å². The van der Waals surface area contributed by atoms with Gasteiger partial charge in [0.05, 0.1) is 40.0 Å². The Kier molecular flexibility index (Phi) is 3.50. The van der Waals surface area contributed by atoms with Crippen molar-refractivity contribution in [3.8, 4) is 33.9 Å². The number of hydrogen-bond donors (Lipinski definition) is 2. The van der Waals surface area contributed by atoms with E-state index in [-0.39, 0.29) is 0 Å². The fraction of sp³-hybridized carbons (Fsp3) is 0.0500. The summed E-state index contributed by atoms with van der Waals surface area (Å²) in [6, 6.07) is 13.7. The summed E-state index contributed by atoms with van der Waals surface area (Å²) in [5, 5.41) is 14.2. The first-order valence-corrected chi connectivity index (χ1v) is 8.52. The third-order valence-electron chi connectivity index (χ3n) is 4.41. The van der Waals surface area contributed by atoms with Crippen LogP contribution in [0.15, 0.2) is 61.1 Å². The van der Waals surface area contributed by atoms with Gasteiger partial charge in [0.1, 0.15) is 0 Å². The van der Waals surface area contributed by atoms with Gasteiger partial charge in [0.15, 0.2) is 0 Å². The number of nitrogens with one attached hydrogen (secondary N) is 2. The van der Waals surface area contributed by atoms with Gasteiger partial charge in [0.25, 0.3) is 0 Å². The summed E-state index contributed by atoms with van der Waals surface area (Å²) in [6.45, 7) is 1.97. The van der Waals surface area contributed by atoms with Crippen LogP contribution in [0.5, 0.6) is 0 Å². The minimum atomic E-state index is 0.809. The molecule has 0 spiro atoms. The minimum absolute atomic E-state index is 0.809. The summed E-state index contributed by atoms with van der Waals surface area (Å²) in [5.74, 6) is 0. The van der Waals surface area contributed by atoms with E-state index in [1.807, 2.05) is 55.6 Å². The molecular weight excluding hydrogens is 338 g/mol. The highest BCUT2D eigenvalue weighted by atomic mass is 15.1. The van der Waals surface area contributed by atoms with Crippen molar-refractivity contribution in [2.24, 2.45) is 0 Å². The number of aromatic nitrogens is 7. The highest BCUT2D eigenvalue weighted by molar-refractivity contribution is 5.84. The monoisotopic (exact) mass is 353 g/mol. The minimum Gasteiger partial charge on any atom is -0.278 e. The quantitative estimate of drug-likeness (QED) is 0.514. The molecule has 5 aromatic rings. The van der Waals surface area contributed by atoms with Crippen molar-refractivity contribution in [3.05, 3.63) is 66.7 Å². The molecule has 0 fully saturated rings. The molecule has 0 aromatic carbocycles. The largest absolute Gasteiger partial charge is 0.278 e. The smallest absolute Gasteiger partial charge is 0.0928 e. The predicted octanol–water partition coefficient (Wildman–Crippen LogP) is 3.78. The highest BCUT2D eigenvalue weighted by Gasteiger charge is 2.13. The Bertz CT molecular complexity index is 1240. The predicted molar refractivity (Wildman–Crippen MR) is 103 cm³/mol. The molecule has 130 valence electrons. The lowest BCUT2D eigenvalue weighted by Crippen LogP contribution is -1.92. The Hall–Kier alpha value is -3.87. The molecule has 0 radical (unpaired) electrons. The first kappa shape index (κ1) is 15.4. The van der Waals surface area contributed by atoms with Gasteiger partial charge in [-0.05, 0) is 43.3 Å². The standard InChI is InChI=1S/C20H15N7/c1-12-3-2-4-18(24-12)20-14(11-23-27-20)16-5-6-17-19(25-16)9-13(10-21-17)15-7-8-22-26-15/h2-11H,1H3,(H,22,26)(H,23,27). The first-order chi connectivity index (χ1) is 13.3. The van der Waals surface area contributed by atoms with Crippen molar-refractivity contribution in [2.45, 2.75) is 6.92 Å². The van der Waals surface area contributed by atoms with Crippen LogP contribution in [-0.2, 0) is 0 Å². The van der Waals surface area contributed by atoms with Crippen LogP contribution in [0.3, 0.4) is 0 Å². The summed E-state index contributed by atoms with van der Waals surface area (Å²) < 4.78 is 0. The van der Waals surface area contributed by atoms with Gasteiger partial charge in [-0.2, -0.15) is 10.2 Å². The third kappa shape index (κ3) is 2.75. The van der Waals surface area contributed by atoms with E-state index >= 15 is 0 Å². The maximum atomic E-state index is 4.81. The number of fused-ring (bicyclic) bond motifs is 1. The Morgan fingerprint density at radius 2 is 1.78 bits per heavy atom. The SMILES string of the molecule is Cc1cccc(-c2[nH]ncc2-c2ccc3ncc(-c4ccn[nH]4)cc3n2)n1. The molecule has 0 saturated carbocycles. The van der Waals surface area contributed by atoms with Crippen LogP contribution in [-0.4, -0.2) is 35.3 Å². The van der Waals surface area contributed by atoms with Crippen LogP contribution >= 0.6 is 0 Å². The summed E-state index contributed by atoms with van der Waals surface area (Å²) in [4.78, 5) is 13.9. The molecule has 0 saturated heterocycles. The number of aryl methyl sites for hydroxylation is 1. The molecule has 27 heavy (non-hydrogen) atoms. The zero-order chi connectivity index (χ0) is 18.2. The van der Waals surface area contributed by atoms with Gasteiger partial charge in [0.2, 0.25) is 0 Å². The molecule has 5 rings (SSSR count). The Morgan fingerprint density at radius 3 is 2.63 bits per heavy atom. The van der Waals surface area contributed by atoms with Gasteiger partial charge in [-0.25, -0.2) is 4.98 Å². The summed E-state index contributed by atoms with van der Waals surface area (Å²) in [5.41, 5.74) is 7.86. The number of nitrogens with zero attached hydrogens (tertiary/aromatic N) is 5. The molecular formula is C20H15N7. The van der Waals surface area contributed by atoms with Crippen molar-refractivity contribution < 1.29 is 0 Å². The van der Waals surface area contributed by atoms with Gasteiger partial charge >= 0.3 is 0 Å². The second-order valence-corrected chi connectivity index (χ2v) is 6.25. The van der Waals surface area contributed by atoms with Crippen molar-refractivity contribution in [2.75, 3.05) is 0 Å². The van der Waals surface area contributed by atoms with Crippen LogP contribution in [0.25, 0.3) is 44.9 Å². The van der Waals surface area contributed by atoms with E-state index in [1.54, 1.807) is 12.4 Å². The van der Waals surface area contributed by atoms with Crippen molar-refractivity contribution in [1.82, 2.24) is 35.3 Å². The van der Waals surface area contributed by atoms with E-state index < -0.39 is 0 Å². The van der Waals surface area contributed by atoms with E-state index in [2.05, 4.69) is 30.4 Å². The lowest BCUT2D eigenvalue weighted by molar-refractivity contribution is 1.08. The van der Waals surface area contributed by atoms with Gasteiger partial charge < -0.3 is 0 Å². The van der Waals surface area contributed by atoms with Crippen molar-refractivity contribution in [3.63, 3.8) is 0 Å². The van der Waals surface area contributed by atoms with E-state index in [9.17, 15) is 0 Å². The van der Waals surface area contributed by atoms with Gasteiger partial charge in [-0.1, -0.05) is 6.07 Å². The molecule has 0 aliphatic carbocycles. The maximum Gasteiger partial charge on any atom is 0.0928 e. The molecule has 0 atom stereocenters. The van der Waals surface area contributed by atoms with Crippen molar-refractivity contribution in [1.29, 1.82) is 0 Å². The fourth-order valence-electron chi connectivity index (χ4n) is 3.08. The molecule has 0 bridgehead atoms. The Morgan fingerprint density at radius 1 is 0.815 bits per heavy atom. The maximum absolute atomic E-state index is 4.81. The number of rotatable bonds is 3. The third-order valence-corrected chi connectivity index (χ3v) is 4.41. The second kappa shape index (κ2) is 6.14. The molecule has 0 amide bonds. The topological polar surface area (TPSA) is 96.0 Å². The van der Waals surface area contributed by atoms with Crippen LogP contribution < -0.4 is 0 Å². The molecule has 5 heterocycles. The lowest BCUT2D eigenvalue weighted by atomic mass is 10.1. The van der Waals surface area contributed by atoms with E-state index in [1.165, 1.54) is 0 Å². The highest BCUT2D eigenvalue weighted by Crippen LogP contribution is 2.29. The van der Waals surface area contributed by atoms with Gasteiger partial charge in [-0.15, -0.1) is 0 Å². The second-order valence-electron chi connectivity index (χ2n) is 6.25. The molecule has 7 nitrogen and oxygen atoms in total. The summed E-state index contributed by atoms with van der Waals surface area (Å²) in [6.07, 6.45) is 5.31. The van der Waals surface area contributed by atoms with E-state index in [0.29, 0.717) is 0 Å². The van der Waals surface area contributed by atoms with Gasteiger partial charge in [0, 0.05) is 29.2 Å². The van der Waals surface area contributed by atoms with E-state index in [0.717, 1.165) is 50.6 Å². The molecule has 0 unspecified atom stereocenters. The van der Waals surface area contributed by atoms with Crippen LogP contribution in [0, 0.1) is 6.92 Å². The average Bonchev–Trinajstić information content (AvgIpc) is 3.39. The molecule has 0 aliphatic heterocycles. The molecule has 2 N–H and O–H groups in total. The number of H-pyrrole nitrogens is 2. The Labute approximate surface area is 154 Å². The summed E-state index contributed by atoms with van der Waals surface area (Å²) >= 11 is 0. The molecule has 7 heteroatoms. The van der Waals surface area contributed by atoms with Crippen LogP contribution in [0.4, 0.5) is 0 Å². The van der Waals surface area contributed by atoms with Gasteiger partial charge in [-0.3, -0.25) is 20.2 Å². The van der Waals surface area contributed by atoms with E-state index in [4.69, 9.17) is 4.98 Å². The normalized spacial score (nSPS) is 11.1. The van der Waals surface area contributed by atoms with Crippen LogP contribution in [0.1, 0.15) is 5.69 Å². The zero-order valence-corrected chi connectivity index (χ0v) is 14.5. The average molecular weight is 353 g/mol. The lowest BCUT2D eigenvalue weighted by Gasteiger charge is -2.06.